The topological polar surface area (TPSA) is 76.2 Å². The Kier molecular flexibility index (Phi) is 5.32. The lowest BCUT2D eigenvalue weighted by Crippen LogP contribution is -2.50. The van der Waals surface area contributed by atoms with Crippen molar-refractivity contribution in [3.63, 3.8) is 0 Å². The van der Waals surface area contributed by atoms with Crippen LogP contribution in [0.4, 0.5) is 0 Å². The van der Waals surface area contributed by atoms with E-state index in [2.05, 4.69) is 0 Å². The van der Waals surface area contributed by atoms with E-state index in [9.17, 15) is 13.2 Å². The molecule has 23 heavy (non-hydrogen) atoms. The molecule has 0 aliphatic carbocycles. The van der Waals surface area contributed by atoms with Gasteiger partial charge < -0.3 is 14.4 Å². The lowest BCUT2D eigenvalue weighted by atomic mass is 10.3. The number of sulfonamides is 1. The van der Waals surface area contributed by atoms with Gasteiger partial charge in [0.15, 0.2) is 0 Å². The smallest absolute Gasteiger partial charge is 0.264 e. The molecule has 7 nitrogen and oxygen atoms in total. The predicted molar refractivity (Wildman–Crippen MR) is 86.1 cm³/mol. The summed E-state index contributed by atoms with van der Waals surface area (Å²) in [5.74, 6) is -0.154. The number of nitrogens with zero attached hydrogens (tertiary/aromatic N) is 2. The second-order valence-electron chi connectivity index (χ2n) is 5.51. The Morgan fingerprint density at radius 1 is 1.26 bits per heavy atom. The maximum absolute atomic E-state index is 12.4. The number of thiophene rings is 1. The van der Waals surface area contributed by atoms with E-state index < -0.39 is 16.1 Å². The van der Waals surface area contributed by atoms with Crippen LogP contribution in [-0.4, -0.2) is 81.4 Å². The van der Waals surface area contributed by atoms with E-state index >= 15 is 0 Å². The predicted octanol–water partition coefficient (Wildman–Crippen LogP) is 0.251. The standard InChI is InChI=1S/C14H20N2O5S2/c17-14(13-2-1-9-22-13)15-3-8-21-12(10-15)11-23(18,19)16-4-6-20-7-5-16/h1-2,9,12H,3-8,10-11H2/t12-/m0/s1. The third kappa shape index (κ3) is 4.10. The molecule has 0 bridgehead atoms. The van der Waals surface area contributed by atoms with Crippen LogP contribution in [0.2, 0.25) is 0 Å². The Labute approximate surface area is 139 Å². The Morgan fingerprint density at radius 3 is 2.74 bits per heavy atom. The Hall–Kier alpha value is -1.00. The molecule has 1 atom stereocenters. The molecule has 0 N–H and O–H groups in total. The highest BCUT2D eigenvalue weighted by Crippen LogP contribution is 2.17. The molecule has 2 aliphatic rings. The first-order valence-corrected chi connectivity index (χ1v) is 10.0. The van der Waals surface area contributed by atoms with Crippen LogP contribution in [0.25, 0.3) is 0 Å². The van der Waals surface area contributed by atoms with Gasteiger partial charge in [0, 0.05) is 26.2 Å². The fourth-order valence-corrected chi connectivity index (χ4v) is 5.00. The zero-order valence-corrected chi connectivity index (χ0v) is 14.4. The molecule has 1 amide bonds. The maximum Gasteiger partial charge on any atom is 0.264 e. The van der Waals surface area contributed by atoms with Gasteiger partial charge in [0.25, 0.3) is 5.91 Å². The van der Waals surface area contributed by atoms with E-state index in [-0.39, 0.29) is 11.7 Å². The minimum absolute atomic E-state index is 0.0583. The summed E-state index contributed by atoms with van der Waals surface area (Å²) in [6, 6.07) is 3.61. The van der Waals surface area contributed by atoms with Crippen molar-refractivity contribution in [1.82, 2.24) is 9.21 Å². The molecule has 3 heterocycles. The molecule has 1 aromatic rings. The van der Waals surface area contributed by atoms with Gasteiger partial charge in [0.2, 0.25) is 10.0 Å². The summed E-state index contributed by atoms with van der Waals surface area (Å²) < 4.78 is 37.1. The van der Waals surface area contributed by atoms with Crippen molar-refractivity contribution in [1.29, 1.82) is 0 Å². The zero-order valence-electron chi connectivity index (χ0n) is 12.7. The van der Waals surface area contributed by atoms with Gasteiger partial charge in [-0.3, -0.25) is 4.79 Å². The summed E-state index contributed by atoms with van der Waals surface area (Å²) in [4.78, 5) is 14.7. The van der Waals surface area contributed by atoms with Gasteiger partial charge in [-0.05, 0) is 11.4 Å². The van der Waals surface area contributed by atoms with Crippen LogP contribution < -0.4 is 0 Å². The zero-order chi connectivity index (χ0) is 16.3. The van der Waals surface area contributed by atoms with E-state index in [1.807, 2.05) is 11.4 Å². The van der Waals surface area contributed by atoms with Crippen LogP contribution in [-0.2, 0) is 19.5 Å². The highest BCUT2D eigenvalue weighted by Gasteiger charge is 2.32. The largest absolute Gasteiger partial charge is 0.379 e. The number of hydrogen-bond acceptors (Lipinski definition) is 6. The molecule has 2 fully saturated rings. The molecule has 0 unspecified atom stereocenters. The van der Waals surface area contributed by atoms with Gasteiger partial charge in [-0.2, -0.15) is 4.31 Å². The molecule has 9 heteroatoms. The SMILES string of the molecule is O=C(c1cccs1)N1CCO[C@H](CS(=O)(=O)N2CCOCC2)C1. The minimum Gasteiger partial charge on any atom is -0.379 e. The third-order valence-electron chi connectivity index (χ3n) is 3.92. The average molecular weight is 360 g/mol. The highest BCUT2D eigenvalue weighted by atomic mass is 32.2. The summed E-state index contributed by atoms with van der Waals surface area (Å²) in [7, 11) is -3.39. The summed E-state index contributed by atoms with van der Waals surface area (Å²) in [5.41, 5.74) is 0. The van der Waals surface area contributed by atoms with Gasteiger partial charge in [-0.25, -0.2) is 8.42 Å². The van der Waals surface area contributed by atoms with Crippen LogP contribution in [0.15, 0.2) is 17.5 Å². The normalized spacial score (nSPS) is 23.8. The van der Waals surface area contributed by atoms with Gasteiger partial charge >= 0.3 is 0 Å². The van der Waals surface area contributed by atoms with Crippen LogP contribution in [0.1, 0.15) is 9.67 Å². The third-order valence-corrected chi connectivity index (χ3v) is 6.72. The number of carbonyl (C=O) groups is 1. The Bertz CT molecular complexity index is 626. The number of morpholine rings is 2. The van der Waals surface area contributed by atoms with E-state index in [4.69, 9.17) is 9.47 Å². The summed E-state index contributed by atoms with van der Waals surface area (Å²) in [6.45, 7) is 2.77. The van der Waals surface area contributed by atoms with Crippen molar-refractivity contribution < 1.29 is 22.7 Å². The van der Waals surface area contributed by atoms with Crippen molar-refractivity contribution in [2.75, 3.05) is 51.8 Å². The lowest BCUT2D eigenvalue weighted by Gasteiger charge is -2.34. The molecule has 2 saturated heterocycles. The van der Waals surface area contributed by atoms with Crippen molar-refractivity contribution in [2.24, 2.45) is 0 Å². The van der Waals surface area contributed by atoms with Crippen LogP contribution in [0.5, 0.6) is 0 Å². The molecule has 0 spiro atoms. The van der Waals surface area contributed by atoms with E-state index in [1.165, 1.54) is 15.6 Å². The Morgan fingerprint density at radius 2 is 2.04 bits per heavy atom. The van der Waals surface area contributed by atoms with Gasteiger partial charge in [0.1, 0.15) is 0 Å². The Balaban J connectivity index is 1.61. The number of amides is 1. The molecule has 3 rings (SSSR count). The fraction of sp³-hybridized carbons (Fsp3) is 0.643. The molecular weight excluding hydrogens is 340 g/mol. The summed E-state index contributed by atoms with van der Waals surface area (Å²) in [6.07, 6.45) is -0.486. The number of ether oxygens (including phenoxy) is 2. The average Bonchev–Trinajstić information content (AvgIpc) is 3.09. The van der Waals surface area contributed by atoms with E-state index in [0.717, 1.165) is 0 Å². The van der Waals surface area contributed by atoms with Crippen molar-refractivity contribution >= 4 is 27.3 Å². The van der Waals surface area contributed by atoms with Crippen LogP contribution >= 0.6 is 11.3 Å². The maximum atomic E-state index is 12.4. The highest BCUT2D eigenvalue weighted by molar-refractivity contribution is 7.89. The second-order valence-corrected chi connectivity index (χ2v) is 8.47. The minimum atomic E-state index is -3.39. The molecule has 0 aromatic carbocycles. The molecule has 0 radical (unpaired) electrons. The van der Waals surface area contributed by atoms with Gasteiger partial charge in [0.05, 0.1) is 36.6 Å². The molecule has 1 aromatic heterocycles. The van der Waals surface area contributed by atoms with Crippen molar-refractivity contribution in [3.05, 3.63) is 22.4 Å². The molecule has 128 valence electrons. The molecular formula is C14H20N2O5S2. The first-order chi connectivity index (χ1) is 11.1. The van der Waals surface area contributed by atoms with Crippen molar-refractivity contribution in [2.45, 2.75) is 6.10 Å². The first-order valence-electron chi connectivity index (χ1n) is 7.56. The summed E-state index contributed by atoms with van der Waals surface area (Å²) >= 11 is 1.39. The van der Waals surface area contributed by atoms with Crippen LogP contribution in [0.3, 0.4) is 0 Å². The summed E-state index contributed by atoms with van der Waals surface area (Å²) in [5, 5.41) is 1.86. The molecule has 2 aliphatic heterocycles. The van der Waals surface area contributed by atoms with E-state index in [0.29, 0.717) is 50.9 Å². The quantitative estimate of drug-likeness (QED) is 0.769. The van der Waals surface area contributed by atoms with E-state index in [1.54, 1.807) is 11.0 Å². The number of carbonyl (C=O) groups excluding carboxylic acids is 1. The van der Waals surface area contributed by atoms with Gasteiger partial charge in [-0.15, -0.1) is 11.3 Å². The van der Waals surface area contributed by atoms with Gasteiger partial charge in [-0.1, -0.05) is 6.07 Å². The van der Waals surface area contributed by atoms with Crippen molar-refractivity contribution in [3.8, 4) is 0 Å². The second kappa shape index (κ2) is 7.27. The monoisotopic (exact) mass is 360 g/mol. The fourth-order valence-electron chi connectivity index (χ4n) is 2.73. The first kappa shape index (κ1) is 16.8. The van der Waals surface area contributed by atoms with Crippen LogP contribution in [0, 0.1) is 0 Å². The number of rotatable bonds is 4. The number of hydrogen-bond donors (Lipinski definition) is 0. The molecule has 0 saturated carbocycles. The lowest BCUT2D eigenvalue weighted by molar-refractivity contribution is -0.0115.